The molecule has 1 N–H and O–H groups in total. The van der Waals surface area contributed by atoms with E-state index < -0.39 is 0 Å². The summed E-state index contributed by atoms with van der Waals surface area (Å²) in [5, 5.41) is 3.12. The highest BCUT2D eigenvalue weighted by molar-refractivity contribution is 5.97. The van der Waals surface area contributed by atoms with Crippen molar-refractivity contribution >= 4 is 5.91 Å². The smallest absolute Gasteiger partial charge is 0.255 e. The van der Waals surface area contributed by atoms with Gasteiger partial charge in [0.1, 0.15) is 17.3 Å². The summed E-state index contributed by atoms with van der Waals surface area (Å²) in [5.41, 5.74) is 3.37. The van der Waals surface area contributed by atoms with Gasteiger partial charge in [0.05, 0.1) is 19.8 Å². The van der Waals surface area contributed by atoms with Gasteiger partial charge in [0, 0.05) is 31.2 Å². The second-order valence-corrected chi connectivity index (χ2v) is 7.94. The molecule has 1 unspecified atom stereocenters. The molecule has 166 valence electrons. The predicted octanol–water partition coefficient (Wildman–Crippen LogP) is 4.51. The van der Waals surface area contributed by atoms with E-state index in [0.29, 0.717) is 17.1 Å². The second kappa shape index (κ2) is 9.83. The van der Waals surface area contributed by atoms with Gasteiger partial charge in [-0.3, -0.25) is 9.69 Å². The minimum Gasteiger partial charge on any atom is -0.496 e. The average molecular weight is 435 g/mol. The molecule has 0 aromatic heterocycles. The zero-order valence-corrected chi connectivity index (χ0v) is 18.3. The number of hydrogen-bond donors (Lipinski definition) is 1. The summed E-state index contributed by atoms with van der Waals surface area (Å²) in [7, 11) is 3.15. The number of nitrogens with one attached hydrogen (secondary N) is 1. The Kier molecular flexibility index (Phi) is 6.71. The molecule has 1 heterocycles. The lowest BCUT2D eigenvalue weighted by Crippen LogP contribution is -2.37. The maximum atomic E-state index is 13.7. The van der Waals surface area contributed by atoms with E-state index in [1.807, 2.05) is 24.3 Å². The first-order chi connectivity index (χ1) is 15.6. The summed E-state index contributed by atoms with van der Waals surface area (Å²) in [6, 6.07) is 20.0. The van der Waals surface area contributed by atoms with Crippen molar-refractivity contribution in [2.45, 2.75) is 19.0 Å². The fraction of sp³-hybridized carbons (Fsp3) is 0.269. The number of rotatable bonds is 7. The van der Waals surface area contributed by atoms with Crippen LogP contribution in [0.2, 0.25) is 0 Å². The molecule has 3 aromatic rings. The number of carbonyl (C=O) groups is 1. The number of halogens is 1. The highest BCUT2D eigenvalue weighted by atomic mass is 19.1. The third kappa shape index (κ3) is 4.92. The lowest BCUT2D eigenvalue weighted by atomic mass is 10.0. The molecule has 1 aliphatic heterocycles. The topological polar surface area (TPSA) is 50.8 Å². The number of methoxy groups -OCH3 is 2. The predicted molar refractivity (Wildman–Crippen MR) is 123 cm³/mol. The van der Waals surface area contributed by atoms with E-state index in [2.05, 4.69) is 22.3 Å². The van der Waals surface area contributed by atoms with Crippen molar-refractivity contribution in [3.63, 3.8) is 0 Å². The third-order valence-corrected chi connectivity index (χ3v) is 5.79. The Bertz CT molecular complexity index is 1080. The Labute approximate surface area is 187 Å². The molecule has 5 nitrogen and oxygen atoms in total. The molecule has 0 aliphatic carbocycles. The number of hydrogen-bond acceptors (Lipinski definition) is 4. The van der Waals surface area contributed by atoms with Gasteiger partial charge in [-0.05, 0) is 47.9 Å². The minimum atomic E-state index is -0.289. The summed E-state index contributed by atoms with van der Waals surface area (Å²) < 4.78 is 24.4. The van der Waals surface area contributed by atoms with Crippen LogP contribution in [0.15, 0.2) is 66.7 Å². The Morgan fingerprint density at radius 2 is 1.78 bits per heavy atom. The van der Waals surface area contributed by atoms with E-state index in [0.717, 1.165) is 37.2 Å². The number of likely N-dealkylation sites (tertiary alicyclic amines) is 1. The molecule has 1 aliphatic rings. The molecule has 3 aromatic carbocycles. The minimum absolute atomic E-state index is 0.100. The van der Waals surface area contributed by atoms with Crippen LogP contribution in [0.25, 0.3) is 11.1 Å². The fourth-order valence-electron chi connectivity index (χ4n) is 4.14. The molecular weight excluding hydrogens is 407 g/mol. The van der Waals surface area contributed by atoms with Gasteiger partial charge in [-0.2, -0.15) is 0 Å². The Hall–Kier alpha value is -3.38. The van der Waals surface area contributed by atoms with Crippen LogP contribution in [0.4, 0.5) is 4.39 Å². The first-order valence-corrected chi connectivity index (χ1v) is 10.7. The third-order valence-electron chi connectivity index (χ3n) is 5.79. The summed E-state index contributed by atoms with van der Waals surface area (Å²) in [4.78, 5) is 15.0. The number of nitrogens with zero attached hydrogens (tertiary/aromatic N) is 1. The van der Waals surface area contributed by atoms with E-state index >= 15 is 0 Å². The van der Waals surface area contributed by atoms with Gasteiger partial charge in [-0.25, -0.2) is 4.39 Å². The molecule has 1 saturated heterocycles. The molecule has 0 spiro atoms. The molecule has 1 fully saturated rings. The molecule has 1 amide bonds. The van der Waals surface area contributed by atoms with Crippen LogP contribution >= 0.6 is 0 Å². The van der Waals surface area contributed by atoms with Crippen LogP contribution in [0, 0.1) is 5.82 Å². The normalized spacial score (nSPS) is 16.0. The van der Waals surface area contributed by atoms with E-state index in [-0.39, 0.29) is 17.8 Å². The number of ether oxygens (including phenoxy) is 2. The van der Waals surface area contributed by atoms with Gasteiger partial charge >= 0.3 is 0 Å². The molecule has 4 rings (SSSR count). The lowest BCUT2D eigenvalue weighted by Gasteiger charge is -2.18. The van der Waals surface area contributed by atoms with Gasteiger partial charge < -0.3 is 14.8 Å². The van der Waals surface area contributed by atoms with Crippen LogP contribution < -0.4 is 14.8 Å². The molecule has 0 bridgehead atoms. The average Bonchev–Trinajstić information content (AvgIpc) is 3.26. The summed E-state index contributed by atoms with van der Waals surface area (Å²) in [6.45, 7) is 2.50. The van der Waals surface area contributed by atoms with Gasteiger partial charge in [0.2, 0.25) is 0 Å². The van der Waals surface area contributed by atoms with Crippen molar-refractivity contribution in [3.8, 4) is 22.6 Å². The largest absolute Gasteiger partial charge is 0.496 e. The Balaban J connectivity index is 1.36. The molecular formula is C26H27FN2O3. The first-order valence-electron chi connectivity index (χ1n) is 10.7. The summed E-state index contributed by atoms with van der Waals surface area (Å²) in [5.74, 6) is 0.827. The van der Waals surface area contributed by atoms with E-state index in [4.69, 9.17) is 9.47 Å². The van der Waals surface area contributed by atoms with Gasteiger partial charge in [-0.15, -0.1) is 0 Å². The monoisotopic (exact) mass is 434 g/mol. The van der Waals surface area contributed by atoms with Crippen molar-refractivity contribution in [2.24, 2.45) is 0 Å². The standard InChI is InChI=1S/C26H27FN2O3/c1-31-24-6-4-3-5-22(24)26(30)28-21-13-14-29(17-21)16-18-7-9-19(10-8-18)23-15-20(27)11-12-25(23)32-2/h3-12,15,21H,13-14,16-17H2,1-2H3,(H,28,30). The second-order valence-electron chi connectivity index (χ2n) is 7.94. The van der Waals surface area contributed by atoms with E-state index in [1.54, 1.807) is 32.4 Å². The van der Waals surface area contributed by atoms with Crippen molar-refractivity contribution < 1.29 is 18.7 Å². The van der Waals surface area contributed by atoms with Crippen LogP contribution in [-0.2, 0) is 6.54 Å². The Morgan fingerprint density at radius 3 is 2.53 bits per heavy atom. The Morgan fingerprint density at radius 1 is 1.03 bits per heavy atom. The first kappa shape index (κ1) is 21.8. The van der Waals surface area contributed by atoms with Gasteiger partial charge in [0.15, 0.2) is 0 Å². The van der Waals surface area contributed by atoms with Crippen LogP contribution in [0.1, 0.15) is 22.3 Å². The highest BCUT2D eigenvalue weighted by Crippen LogP contribution is 2.31. The van der Waals surface area contributed by atoms with Crippen LogP contribution in [-0.4, -0.2) is 44.2 Å². The molecule has 6 heteroatoms. The quantitative estimate of drug-likeness (QED) is 0.594. The molecule has 0 radical (unpaired) electrons. The molecule has 32 heavy (non-hydrogen) atoms. The van der Waals surface area contributed by atoms with Crippen molar-refractivity contribution in [1.82, 2.24) is 10.2 Å². The van der Waals surface area contributed by atoms with Crippen molar-refractivity contribution in [2.75, 3.05) is 27.3 Å². The van der Waals surface area contributed by atoms with E-state index in [9.17, 15) is 9.18 Å². The number of benzene rings is 3. The van der Waals surface area contributed by atoms with Gasteiger partial charge in [-0.1, -0.05) is 36.4 Å². The molecule has 1 atom stereocenters. The van der Waals surface area contributed by atoms with Crippen LogP contribution in [0.5, 0.6) is 11.5 Å². The number of carbonyl (C=O) groups excluding carboxylic acids is 1. The van der Waals surface area contributed by atoms with E-state index in [1.165, 1.54) is 17.7 Å². The van der Waals surface area contributed by atoms with Crippen molar-refractivity contribution in [3.05, 3.63) is 83.7 Å². The maximum absolute atomic E-state index is 13.7. The fourth-order valence-corrected chi connectivity index (χ4v) is 4.14. The van der Waals surface area contributed by atoms with Crippen molar-refractivity contribution in [1.29, 1.82) is 0 Å². The summed E-state index contributed by atoms with van der Waals surface area (Å²) in [6.07, 6.45) is 0.902. The zero-order valence-electron chi connectivity index (χ0n) is 18.3. The SMILES string of the molecule is COc1ccccc1C(=O)NC1CCN(Cc2ccc(-c3cc(F)ccc3OC)cc2)C1. The summed E-state index contributed by atoms with van der Waals surface area (Å²) >= 11 is 0. The number of para-hydroxylation sites is 1. The molecule has 0 saturated carbocycles. The number of amides is 1. The lowest BCUT2D eigenvalue weighted by molar-refractivity contribution is 0.0934. The maximum Gasteiger partial charge on any atom is 0.255 e. The van der Waals surface area contributed by atoms with Gasteiger partial charge in [0.25, 0.3) is 5.91 Å². The zero-order chi connectivity index (χ0) is 22.5. The highest BCUT2D eigenvalue weighted by Gasteiger charge is 2.25. The van der Waals surface area contributed by atoms with Crippen LogP contribution in [0.3, 0.4) is 0 Å².